The number of nitrogens with one attached hydrogen (secondary N) is 2. The number of ketones is 1. The summed E-state index contributed by atoms with van der Waals surface area (Å²) in [4.78, 5) is 51.2. The molecule has 21 heteroatoms. The number of phenolic OH excluding ortho intramolecular Hbond substituents is 1. The summed E-state index contributed by atoms with van der Waals surface area (Å²) in [5, 5.41) is 23.9. The lowest BCUT2D eigenvalue weighted by Gasteiger charge is -2.07. The summed E-state index contributed by atoms with van der Waals surface area (Å²) in [5.41, 5.74) is 30.3. The number of rotatable bonds is 6. The monoisotopic (exact) mass is 1290 g/mol. The molecule has 9 N–H and O–H groups in total. The SMILES string of the molecule is CCN=c1ccc2nc3ccc(CN)cc3sc-2c1.CCN=c1ccc2nc3ccc(CNC)cc3sc-2c1.CN=c1ccc2nc3ccc(N)cc3sc-2c1.N=c1ccc2nc3ccc(N)cc3sc-2c1.O=C1C=CC(=Nc2cc(Cl)c(O)c(Cl)c2)C=C1. The van der Waals surface area contributed by atoms with Crippen LogP contribution >= 0.6 is 68.5 Å². The minimum atomic E-state index is -0.165. The van der Waals surface area contributed by atoms with Crippen molar-refractivity contribution < 1.29 is 9.90 Å². The molecule has 4 aliphatic heterocycles. The molecular formula is C68H59Cl2N13O2S4. The van der Waals surface area contributed by atoms with Crippen molar-refractivity contribution in [3.63, 3.8) is 0 Å². The van der Waals surface area contributed by atoms with E-state index in [1.807, 2.05) is 105 Å². The average molecular weight is 1290 g/mol. The van der Waals surface area contributed by atoms with Crippen LogP contribution in [0.4, 0.5) is 17.1 Å². The standard InChI is InChI=1S/C16H17N3S.C15H15N3S.C13H11N3S.C12H7Cl2NO2.C12H9N3S/c1-3-18-12-5-7-14-16(9-12)20-15-8-11(10-17-2)4-6-13(15)19-14;1-2-17-11-4-6-13-15(8-11)19-14-7-10(9-16)3-5-12(14)18-13;1-15-9-3-5-11-13(7-9)17-12-6-8(14)2-4-10(12)16-11;13-10-5-8(6-11(14)12(10)17)15-7-1-3-9(16)4-2-7;13-7-1-3-9-11(5-7)16-12-6-8(14)2-4-10(12)15-9/h4-9,17H,3,10H2,1-2H3;3-8H,2,9,16H2,1H3;2-7H,14H2,1H3;1-6,17H;1-6,13H,14H2. The zero-order valence-corrected chi connectivity index (χ0v) is 53.5. The van der Waals surface area contributed by atoms with Crippen LogP contribution in [0, 0.1) is 5.41 Å². The van der Waals surface area contributed by atoms with E-state index in [9.17, 15) is 9.90 Å². The summed E-state index contributed by atoms with van der Waals surface area (Å²) in [5.74, 6) is -0.243. The van der Waals surface area contributed by atoms with Gasteiger partial charge in [0.15, 0.2) is 11.5 Å². The largest absolute Gasteiger partial charge is 0.505 e. The summed E-state index contributed by atoms with van der Waals surface area (Å²) in [6.45, 7) is 7.14. The van der Waals surface area contributed by atoms with Crippen molar-refractivity contribution in [2.45, 2.75) is 26.9 Å². The number of fused-ring (bicyclic) bond motifs is 8. The number of nitrogens with zero attached hydrogens (tertiary/aromatic N) is 8. The summed E-state index contributed by atoms with van der Waals surface area (Å²) in [6, 6.07) is 51.0. The number of aliphatic imine (C=N–C) groups is 1. The van der Waals surface area contributed by atoms with E-state index in [0.717, 1.165) is 122 Å². The molecule has 4 heterocycles. The van der Waals surface area contributed by atoms with Crippen LogP contribution in [-0.4, -0.2) is 63.7 Å². The second-order valence-electron chi connectivity index (χ2n) is 19.8. The number of hydrogen-bond donors (Lipinski definition) is 6. The number of allylic oxidation sites excluding steroid dienone is 4. The predicted octanol–water partition coefficient (Wildman–Crippen LogP) is 14.3. The lowest BCUT2D eigenvalue weighted by atomic mass is 10.1. The van der Waals surface area contributed by atoms with Crippen LogP contribution in [0.3, 0.4) is 0 Å². The van der Waals surface area contributed by atoms with Crippen molar-refractivity contribution in [1.82, 2.24) is 25.3 Å². The summed E-state index contributed by atoms with van der Waals surface area (Å²) >= 11 is 18.4. The molecule has 0 fully saturated rings. The molecule has 0 saturated heterocycles. The van der Waals surface area contributed by atoms with Crippen LogP contribution in [0.15, 0.2) is 202 Å². The Morgan fingerprint density at radius 2 is 0.944 bits per heavy atom. The van der Waals surface area contributed by atoms with Crippen LogP contribution in [0.2, 0.25) is 10.0 Å². The lowest BCUT2D eigenvalue weighted by molar-refractivity contribution is -0.110. The van der Waals surface area contributed by atoms with Crippen LogP contribution in [0.25, 0.3) is 83.2 Å². The lowest BCUT2D eigenvalue weighted by Crippen LogP contribution is -2.05. The Bertz CT molecular complexity index is 4960. The Labute approximate surface area is 538 Å². The molecule has 89 heavy (non-hydrogen) atoms. The third-order valence-electron chi connectivity index (χ3n) is 13.3. The van der Waals surface area contributed by atoms with Gasteiger partial charge in [0.25, 0.3) is 0 Å². The van der Waals surface area contributed by atoms with E-state index in [4.69, 9.17) is 50.8 Å². The number of carbonyl (C=O) groups is 1. The first-order chi connectivity index (χ1) is 43.1. The molecule has 0 amide bonds. The fourth-order valence-corrected chi connectivity index (χ4v) is 13.7. The van der Waals surface area contributed by atoms with E-state index >= 15 is 0 Å². The number of nitrogen functional groups attached to an aromatic ring is 2. The molecule has 0 bridgehead atoms. The number of aromatic hydroxyl groups is 1. The quantitative estimate of drug-likeness (QED) is 0.0522. The van der Waals surface area contributed by atoms with E-state index in [-0.39, 0.29) is 21.6 Å². The maximum Gasteiger partial charge on any atom is 0.178 e. The molecular weight excluding hydrogens is 1230 g/mol. The second-order valence-corrected chi connectivity index (χ2v) is 25.0. The van der Waals surface area contributed by atoms with Crippen LogP contribution in [-0.2, 0) is 17.9 Å². The summed E-state index contributed by atoms with van der Waals surface area (Å²) in [7, 11) is 3.75. The van der Waals surface area contributed by atoms with Crippen molar-refractivity contribution in [1.29, 1.82) is 5.41 Å². The second kappa shape index (κ2) is 29.3. The first-order valence-electron chi connectivity index (χ1n) is 28.0. The van der Waals surface area contributed by atoms with Gasteiger partial charge in [-0.2, -0.15) is 0 Å². The number of nitrogens with two attached hydrogens (primary N) is 3. The van der Waals surface area contributed by atoms with Crippen molar-refractivity contribution >= 4 is 138 Å². The van der Waals surface area contributed by atoms with Gasteiger partial charge in [-0.15, -0.1) is 45.3 Å². The minimum Gasteiger partial charge on any atom is -0.505 e. The maximum atomic E-state index is 10.9. The Morgan fingerprint density at radius 1 is 0.528 bits per heavy atom. The average Bonchev–Trinajstić information content (AvgIpc) is 3.14. The number of aromatic nitrogens is 4. The molecule has 5 aliphatic carbocycles. The molecule has 446 valence electrons. The van der Waals surface area contributed by atoms with E-state index in [2.05, 4.69) is 95.7 Å². The van der Waals surface area contributed by atoms with Gasteiger partial charge in [0.2, 0.25) is 0 Å². The summed E-state index contributed by atoms with van der Waals surface area (Å²) < 4.78 is 4.55. The maximum absolute atomic E-state index is 10.9. The molecule has 0 atom stereocenters. The fourth-order valence-electron chi connectivity index (χ4n) is 9.02. The van der Waals surface area contributed by atoms with Gasteiger partial charge in [-0.1, -0.05) is 35.3 Å². The molecule has 5 aromatic carbocycles. The van der Waals surface area contributed by atoms with Gasteiger partial charge >= 0.3 is 0 Å². The van der Waals surface area contributed by atoms with Gasteiger partial charge in [0, 0.05) is 44.6 Å². The highest BCUT2D eigenvalue weighted by atomic mass is 35.5. The molecule has 0 radical (unpaired) electrons. The van der Waals surface area contributed by atoms with Crippen LogP contribution in [0.5, 0.6) is 5.75 Å². The first kappa shape index (κ1) is 63.0. The Balaban J connectivity index is 0.000000123. The van der Waals surface area contributed by atoms with Crippen molar-refractivity contribution in [3.05, 3.63) is 225 Å². The highest BCUT2D eigenvalue weighted by molar-refractivity contribution is 7.22. The van der Waals surface area contributed by atoms with Gasteiger partial charge < -0.3 is 33.0 Å². The topological polar surface area (TPSA) is 252 Å². The molecule has 15 nitrogen and oxygen atoms in total. The molecule has 0 aromatic heterocycles. The Morgan fingerprint density at radius 3 is 1.40 bits per heavy atom. The van der Waals surface area contributed by atoms with Gasteiger partial charge in [0.05, 0.1) is 126 Å². The van der Waals surface area contributed by atoms with E-state index in [1.54, 1.807) is 70.6 Å². The molecule has 14 rings (SSSR count). The zero-order valence-electron chi connectivity index (χ0n) is 48.7. The molecule has 0 saturated carbocycles. The van der Waals surface area contributed by atoms with Crippen molar-refractivity contribution in [3.8, 4) is 48.0 Å². The molecule has 9 aliphatic rings. The first-order valence-corrected chi connectivity index (χ1v) is 32.0. The third-order valence-corrected chi connectivity index (χ3v) is 18.3. The minimum absolute atomic E-state index is 0.0780. The van der Waals surface area contributed by atoms with Gasteiger partial charge in [-0.3, -0.25) is 19.8 Å². The highest BCUT2D eigenvalue weighted by Gasteiger charge is 2.12. The zero-order chi connectivity index (χ0) is 62.6. The third kappa shape index (κ3) is 16.2. The van der Waals surface area contributed by atoms with Gasteiger partial charge in [-0.05, 0) is 202 Å². The van der Waals surface area contributed by atoms with Crippen LogP contribution < -0.4 is 43.9 Å². The molecule has 5 aromatic rings. The smallest absolute Gasteiger partial charge is 0.178 e. The van der Waals surface area contributed by atoms with E-state index < -0.39 is 0 Å². The number of halogens is 2. The number of phenols is 1. The Kier molecular flexibility index (Phi) is 20.8. The number of hydrogen-bond acceptors (Lipinski definition) is 19. The molecule has 0 spiro atoms. The highest BCUT2D eigenvalue weighted by Crippen LogP contribution is 2.37. The van der Waals surface area contributed by atoms with Crippen LogP contribution in [0.1, 0.15) is 25.0 Å². The molecule has 0 unspecified atom stereocenters. The number of anilines is 2. The Hall–Kier alpha value is -9.02. The van der Waals surface area contributed by atoms with Crippen molar-refractivity contribution in [2.24, 2.45) is 25.7 Å². The summed E-state index contributed by atoms with van der Waals surface area (Å²) in [6.07, 6.45) is 6.03. The predicted molar refractivity (Wildman–Crippen MR) is 373 cm³/mol. The number of benzene rings is 9. The van der Waals surface area contributed by atoms with Gasteiger partial charge in [0.1, 0.15) is 0 Å². The van der Waals surface area contributed by atoms with E-state index in [1.165, 1.54) is 44.1 Å². The van der Waals surface area contributed by atoms with Gasteiger partial charge in [-0.25, -0.2) is 24.9 Å². The normalized spacial score (nSPS) is 12.5. The van der Waals surface area contributed by atoms with Crippen molar-refractivity contribution in [2.75, 3.05) is 38.7 Å². The number of carbonyl (C=O) groups excluding carboxylic acids is 1. The fraction of sp³-hybridized carbons (Fsp3) is 0.118. The van der Waals surface area contributed by atoms with E-state index in [0.29, 0.717) is 23.3 Å².